The van der Waals surface area contributed by atoms with Crippen molar-refractivity contribution in [2.75, 3.05) is 31.5 Å². The number of urea groups is 1. The average molecular weight is 205 g/mol. The first-order valence-electron chi connectivity index (χ1n) is 5.18. The highest BCUT2D eigenvalue weighted by Gasteiger charge is 2.17. The number of carbonyl (C=O) groups is 1. The van der Waals surface area contributed by atoms with Gasteiger partial charge in [0.15, 0.2) is 0 Å². The second-order valence-corrected chi connectivity index (χ2v) is 3.51. The van der Waals surface area contributed by atoms with Crippen LogP contribution in [0.1, 0.15) is 0 Å². The molecule has 2 rings (SSSR count). The Morgan fingerprint density at radius 1 is 1.33 bits per heavy atom. The fourth-order valence-corrected chi connectivity index (χ4v) is 1.62. The summed E-state index contributed by atoms with van der Waals surface area (Å²) < 4.78 is 0. The van der Waals surface area contributed by atoms with E-state index < -0.39 is 0 Å². The van der Waals surface area contributed by atoms with Gasteiger partial charge in [-0.2, -0.15) is 0 Å². The third kappa shape index (κ3) is 2.62. The molecule has 1 aromatic carbocycles. The monoisotopic (exact) mass is 205 g/mol. The van der Waals surface area contributed by atoms with Crippen LogP contribution in [0.2, 0.25) is 0 Å². The van der Waals surface area contributed by atoms with Gasteiger partial charge in [0.2, 0.25) is 0 Å². The van der Waals surface area contributed by atoms with Crippen LogP contribution in [0.5, 0.6) is 0 Å². The fourth-order valence-electron chi connectivity index (χ4n) is 1.62. The van der Waals surface area contributed by atoms with Crippen molar-refractivity contribution >= 4 is 11.7 Å². The number of carbonyl (C=O) groups excluding carboxylic acids is 1. The number of hydrogen-bond donors (Lipinski definition) is 2. The molecule has 1 aliphatic rings. The smallest absolute Gasteiger partial charge is 0.317 e. The Hall–Kier alpha value is -1.71. The topological polar surface area (TPSA) is 44.4 Å². The lowest BCUT2D eigenvalue weighted by Gasteiger charge is -2.14. The van der Waals surface area contributed by atoms with Crippen LogP contribution in [0.3, 0.4) is 0 Å². The molecule has 0 aromatic heterocycles. The standard InChI is InChI=1S/C11H15N3O/c15-11-13-7-9-14(11)8-6-12-10-4-2-1-3-5-10/h1-5,12H,6-9H2,(H,13,15). The fraction of sp³-hybridized carbons (Fsp3) is 0.364. The zero-order chi connectivity index (χ0) is 10.5. The van der Waals surface area contributed by atoms with Crippen LogP contribution in [0.25, 0.3) is 0 Å². The van der Waals surface area contributed by atoms with Crippen LogP contribution < -0.4 is 10.6 Å². The van der Waals surface area contributed by atoms with E-state index in [4.69, 9.17) is 0 Å². The van der Waals surface area contributed by atoms with Gasteiger partial charge >= 0.3 is 6.03 Å². The van der Waals surface area contributed by atoms with Crippen molar-refractivity contribution in [1.29, 1.82) is 0 Å². The molecule has 0 spiro atoms. The molecular weight excluding hydrogens is 190 g/mol. The van der Waals surface area contributed by atoms with Crippen molar-refractivity contribution in [2.45, 2.75) is 0 Å². The Balaban J connectivity index is 1.73. The van der Waals surface area contributed by atoms with Crippen LogP contribution in [0, 0.1) is 0 Å². The number of amides is 2. The lowest BCUT2D eigenvalue weighted by Crippen LogP contribution is -2.32. The first-order chi connectivity index (χ1) is 7.36. The maximum atomic E-state index is 11.2. The van der Waals surface area contributed by atoms with Gasteiger partial charge < -0.3 is 15.5 Å². The average Bonchev–Trinajstić information content (AvgIpc) is 2.66. The van der Waals surface area contributed by atoms with Crippen LogP contribution in [0.15, 0.2) is 30.3 Å². The minimum atomic E-state index is 0.0462. The van der Waals surface area contributed by atoms with Gasteiger partial charge in [0.05, 0.1) is 0 Å². The van der Waals surface area contributed by atoms with E-state index in [1.807, 2.05) is 35.2 Å². The molecule has 1 aromatic rings. The van der Waals surface area contributed by atoms with Crippen LogP contribution in [0.4, 0.5) is 10.5 Å². The molecule has 2 N–H and O–H groups in total. The van der Waals surface area contributed by atoms with Gasteiger partial charge in [-0.05, 0) is 12.1 Å². The number of anilines is 1. The molecule has 0 saturated carbocycles. The molecule has 0 radical (unpaired) electrons. The number of benzene rings is 1. The normalized spacial score (nSPS) is 15.2. The van der Waals surface area contributed by atoms with E-state index in [0.29, 0.717) is 0 Å². The van der Waals surface area contributed by atoms with E-state index in [-0.39, 0.29) is 6.03 Å². The molecule has 4 nitrogen and oxygen atoms in total. The van der Waals surface area contributed by atoms with Gasteiger partial charge in [0.25, 0.3) is 0 Å². The summed E-state index contributed by atoms with van der Waals surface area (Å²) in [5.74, 6) is 0. The summed E-state index contributed by atoms with van der Waals surface area (Å²) in [7, 11) is 0. The molecule has 80 valence electrons. The van der Waals surface area contributed by atoms with Crippen LogP contribution >= 0.6 is 0 Å². The van der Waals surface area contributed by atoms with Crippen molar-refractivity contribution in [1.82, 2.24) is 10.2 Å². The minimum Gasteiger partial charge on any atom is -0.383 e. The lowest BCUT2D eigenvalue weighted by molar-refractivity contribution is 0.219. The van der Waals surface area contributed by atoms with Gasteiger partial charge in [0.1, 0.15) is 0 Å². The zero-order valence-electron chi connectivity index (χ0n) is 8.57. The van der Waals surface area contributed by atoms with Crippen LogP contribution in [-0.4, -0.2) is 37.1 Å². The second kappa shape index (κ2) is 4.68. The highest BCUT2D eigenvalue weighted by Crippen LogP contribution is 2.04. The second-order valence-electron chi connectivity index (χ2n) is 3.51. The van der Waals surface area contributed by atoms with E-state index in [2.05, 4.69) is 10.6 Å². The molecule has 4 heteroatoms. The number of rotatable bonds is 4. The van der Waals surface area contributed by atoms with Gasteiger partial charge in [-0.15, -0.1) is 0 Å². The summed E-state index contributed by atoms with van der Waals surface area (Å²) in [5.41, 5.74) is 1.09. The predicted molar refractivity (Wildman–Crippen MR) is 59.9 cm³/mol. The predicted octanol–water partition coefficient (Wildman–Crippen LogP) is 1.12. The summed E-state index contributed by atoms with van der Waals surface area (Å²) in [6, 6.07) is 10.0. The minimum absolute atomic E-state index is 0.0462. The first kappa shape index (κ1) is 9.83. The molecular formula is C11H15N3O. The number of nitrogens with one attached hydrogen (secondary N) is 2. The maximum Gasteiger partial charge on any atom is 0.317 e. The molecule has 0 aliphatic carbocycles. The van der Waals surface area contributed by atoms with E-state index in [0.717, 1.165) is 31.9 Å². The zero-order valence-corrected chi connectivity index (χ0v) is 8.57. The summed E-state index contributed by atoms with van der Waals surface area (Å²) in [4.78, 5) is 13.0. The Kier molecular flexibility index (Phi) is 3.07. The Bertz CT molecular complexity index is 326. The summed E-state index contributed by atoms with van der Waals surface area (Å²) in [5, 5.41) is 6.05. The number of hydrogen-bond acceptors (Lipinski definition) is 2. The summed E-state index contributed by atoms with van der Waals surface area (Å²) in [6.07, 6.45) is 0. The molecule has 1 saturated heterocycles. The van der Waals surface area contributed by atoms with E-state index in [1.54, 1.807) is 0 Å². The van der Waals surface area contributed by atoms with Gasteiger partial charge in [-0.25, -0.2) is 4.79 Å². The van der Waals surface area contributed by atoms with Gasteiger partial charge in [0, 0.05) is 31.9 Å². The summed E-state index contributed by atoms with van der Waals surface area (Å²) >= 11 is 0. The summed E-state index contributed by atoms with van der Waals surface area (Å²) in [6.45, 7) is 3.12. The van der Waals surface area contributed by atoms with Crippen LogP contribution in [-0.2, 0) is 0 Å². The number of nitrogens with zero attached hydrogens (tertiary/aromatic N) is 1. The van der Waals surface area contributed by atoms with Gasteiger partial charge in [-0.3, -0.25) is 0 Å². The highest BCUT2D eigenvalue weighted by molar-refractivity contribution is 5.76. The molecule has 0 unspecified atom stereocenters. The van der Waals surface area contributed by atoms with Crippen molar-refractivity contribution in [3.05, 3.63) is 30.3 Å². The quantitative estimate of drug-likeness (QED) is 0.773. The van der Waals surface area contributed by atoms with E-state index in [1.165, 1.54) is 0 Å². The SMILES string of the molecule is O=C1NCCN1CCNc1ccccc1. The Labute approximate surface area is 89.3 Å². The van der Waals surface area contributed by atoms with Crippen molar-refractivity contribution < 1.29 is 4.79 Å². The molecule has 1 heterocycles. The van der Waals surface area contributed by atoms with Gasteiger partial charge in [-0.1, -0.05) is 18.2 Å². The first-order valence-corrected chi connectivity index (χ1v) is 5.18. The molecule has 1 fully saturated rings. The number of para-hydroxylation sites is 1. The van der Waals surface area contributed by atoms with Crippen molar-refractivity contribution in [2.24, 2.45) is 0 Å². The molecule has 1 aliphatic heterocycles. The highest BCUT2D eigenvalue weighted by atomic mass is 16.2. The molecule has 15 heavy (non-hydrogen) atoms. The lowest BCUT2D eigenvalue weighted by atomic mass is 10.3. The molecule has 2 amide bonds. The molecule has 0 atom stereocenters. The van der Waals surface area contributed by atoms with Crippen molar-refractivity contribution in [3.8, 4) is 0 Å². The third-order valence-electron chi connectivity index (χ3n) is 2.43. The van der Waals surface area contributed by atoms with E-state index >= 15 is 0 Å². The molecule has 0 bridgehead atoms. The Morgan fingerprint density at radius 2 is 2.13 bits per heavy atom. The third-order valence-corrected chi connectivity index (χ3v) is 2.43. The van der Waals surface area contributed by atoms with E-state index in [9.17, 15) is 4.79 Å². The van der Waals surface area contributed by atoms with Crippen molar-refractivity contribution in [3.63, 3.8) is 0 Å². The Morgan fingerprint density at radius 3 is 2.80 bits per heavy atom. The largest absolute Gasteiger partial charge is 0.383 e. The maximum absolute atomic E-state index is 11.2.